The van der Waals surface area contributed by atoms with Gasteiger partial charge in [-0.25, -0.2) is 13.2 Å². The van der Waals surface area contributed by atoms with E-state index in [0.29, 0.717) is 31.0 Å². The molecule has 7 heteroatoms. The summed E-state index contributed by atoms with van der Waals surface area (Å²) in [5, 5.41) is 2.23. The molecule has 2 aliphatic rings. The van der Waals surface area contributed by atoms with E-state index in [0.717, 1.165) is 28.5 Å². The maximum absolute atomic E-state index is 14.0. The second-order valence-corrected chi connectivity index (χ2v) is 7.29. The number of halogens is 4. The number of nitrogens with one attached hydrogen (secondary N) is 1. The Hall–Kier alpha value is -2.73. The fourth-order valence-corrected chi connectivity index (χ4v) is 3.87. The molecule has 0 fully saturated rings. The van der Waals surface area contributed by atoms with Gasteiger partial charge >= 0.3 is 0 Å². The number of anilines is 2. The van der Waals surface area contributed by atoms with Crippen LogP contribution in [0, 0.1) is 17.5 Å². The highest BCUT2D eigenvalue weighted by molar-refractivity contribution is 6.34. The van der Waals surface area contributed by atoms with Crippen molar-refractivity contribution >= 4 is 34.5 Å². The van der Waals surface area contributed by atoms with Gasteiger partial charge in [-0.15, -0.1) is 0 Å². The summed E-state index contributed by atoms with van der Waals surface area (Å²) >= 11 is 5.86. The van der Waals surface area contributed by atoms with Crippen molar-refractivity contribution in [2.24, 2.45) is 0 Å². The minimum atomic E-state index is -0.936. The lowest BCUT2D eigenvalue weighted by molar-refractivity contribution is -0.112. The van der Waals surface area contributed by atoms with E-state index in [-0.39, 0.29) is 16.5 Å². The normalized spacial score (nSPS) is 15.8. The molecule has 144 valence electrons. The van der Waals surface area contributed by atoms with E-state index in [9.17, 15) is 18.0 Å². The minimum Gasteiger partial charge on any atom is -0.374 e. The van der Waals surface area contributed by atoms with Crippen molar-refractivity contribution < 1.29 is 18.0 Å². The number of rotatable bonds is 2. The minimum absolute atomic E-state index is 0.207. The number of carbonyl (C=O) groups excluding carboxylic acids is 1. The SMILES string of the molecule is CN1CCC2=C(CC(C(=O)Nc3c(F)cc(F)cc3Cl)=C2)c2ccc(F)cc21. The zero-order chi connectivity index (χ0) is 20.0. The zero-order valence-electron chi connectivity index (χ0n) is 15.0. The molecule has 0 atom stereocenters. The fraction of sp³-hybridized carbons (Fsp3) is 0.190. The van der Waals surface area contributed by atoms with E-state index >= 15 is 0 Å². The fourth-order valence-electron chi connectivity index (χ4n) is 3.63. The summed E-state index contributed by atoms with van der Waals surface area (Å²) in [6, 6.07) is 6.20. The van der Waals surface area contributed by atoms with Gasteiger partial charge in [-0.05, 0) is 47.9 Å². The Morgan fingerprint density at radius 1 is 1.14 bits per heavy atom. The molecule has 1 N–H and O–H groups in total. The molecule has 1 amide bonds. The quantitative estimate of drug-likeness (QED) is 0.734. The first-order valence-corrected chi connectivity index (χ1v) is 9.11. The van der Waals surface area contributed by atoms with Crippen LogP contribution in [0.1, 0.15) is 18.4 Å². The highest BCUT2D eigenvalue weighted by Crippen LogP contribution is 2.42. The third-order valence-electron chi connectivity index (χ3n) is 5.05. The van der Waals surface area contributed by atoms with Crippen LogP contribution in [0.25, 0.3) is 5.57 Å². The first-order valence-electron chi connectivity index (χ1n) is 8.73. The van der Waals surface area contributed by atoms with Gasteiger partial charge in [-0.2, -0.15) is 0 Å². The molecule has 0 unspecified atom stereocenters. The van der Waals surface area contributed by atoms with Gasteiger partial charge in [-0.1, -0.05) is 11.6 Å². The van der Waals surface area contributed by atoms with Gasteiger partial charge in [0.2, 0.25) is 0 Å². The van der Waals surface area contributed by atoms with Crippen molar-refractivity contribution in [1.82, 2.24) is 0 Å². The molecule has 3 nitrogen and oxygen atoms in total. The molecule has 4 rings (SSSR count). The van der Waals surface area contributed by atoms with E-state index in [4.69, 9.17) is 11.6 Å². The maximum atomic E-state index is 14.0. The van der Waals surface area contributed by atoms with Gasteiger partial charge in [0.15, 0.2) is 5.82 Å². The lowest BCUT2D eigenvalue weighted by Gasteiger charge is -2.20. The monoisotopic (exact) mass is 404 g/mol. The summed E-state index contributed by atoms with van der Waals surface area (Å²) in [6.07, 6.45) is 2.82. The standard InChI is InChI=1S/C21H16ClF3N2O/c1-27-5-4-11-6-12(7-16(11)15-3-2-13(23)10-19(15)27)21(28)26-20-17(22)8-14(24)9-18(20)25/h2-3,6,8-10H,4-5,7H2,1H3,(H,26,28). The Morgan fingerprint density at radius 3 is 2.68 bits per heavy atom. The molecule has 1 aliphatic carbocycles. The van der Waals surface area contributed by atoms with Crippen LogP contribution in [0.4, 0.5) is 24.5 Å². The molecule has 28 heavy (non-hydrogen) atoms. The molecule has 0 radical (unpaired) electrons. The Bertz CT molecular complexity index is 1040. The smallest absolute Gasteiger partial charge is 0.252 e. The van der Waals surface area contributed by atoms with E-state index in [1.807, 2.05) is 11.9 Å². The summed E-state index contributed by atoms with van der Waals surface area (Å²) in [4.78, 5) is 14.7. The highest BCUT2D eigenvalue weighted by atomic mass is 35.5. The summed E-state index contributed by atoms with van der Waals surface area (Å²) in [6.45, 7) is 0.680. The second kappa shape index (κ2) is 7.02. The number of nitrogens with zero attached hydrogens (tertiary/aromatic N) is 1. The number of amides is 1. The van der Waals surface area contributed by atoms with Crippen molar-refractivity contribution in [3.8, 4) is 0 Å². The largest absolute Gasteiger partial charge is 0.374 e. The van der Waals surface area contributed by atoms with Gasteiger partial charge in [0.05, 0.1) is 10.7 Å². The third-order valence-corrected chi connectivity index (χ3v) is 5.35. The van der Waals surface area contributed by atoms with Crippen LogP contribution >= 0.6 is 11.6 Å². The lowest BCUT2D eigenvalue weighted by Crippen LogP contribution is -2.19. The third kappa shape index (κ3) is 3.29. The molecule has 2 aromatic rings. The predicted octanol–water partition coefficient (Wildman–Crippen LogP) is 5.32. The molecular formula is C21H16ClF3N2O. The van der Waals surface area contributed by atoms with Crippen LogP contribution in [-0.2, 0) is 4.79 Å². The molecule has 0 bridgehead atoms. The van der Waals surface area contributed by atoms with Gasteiger partial charge in [0.25, 0.3) is 5.91 Å². The van der Waals surface area contributed by atoms with E-state index in [1.165, 1.54) is 12.1 Å². The van der Waals surface area contributed by atoms with Gasteiger partial charge in [0.1, 0.15) is 11.6 Å². The van der Waals surface area contributed by atoms with Crippen molar-refractivity contribution in [3.63, 3.8) is 0 Å². The van der Waals surface area contributed by atoms with Crippen molar-refractivity contribution in [3.05, 3.63) is 75.6 Å². The van der Waals surface area contributed by atoms with Crippen LogP contribution < -0.4 is 10.2 Å². The molecule has 2 aromatic carbocycles. The first-order chi connectivity index (χ1) is 13.3. The molecule has 0 saturated carbocycles. The van der Waals surface area contributed by atoms with Crippen molar-refractivity contribution in [1.29, 1.82) is 0 Å². The van der Waals surface area contributed by atoms with Gasteiger partial charge < -0.3 is 10.2 Å². The number of benzene rings is 2. The Kier molecular flexibility index (Phi) is 4.67. The summed E-state index contributed by atoms with van der Waals surface area (Å²) < 4.78 is 40.9. The number of allylic oxidation sites excluding steroid dienone is 2. The van der Waals surface area contributed by atoms with Crippen LogP contribution in [-0.4, -0.2) is 19.5 Å². The summed E-state index contributed by atoms with van der Waals surface area (Å²) in [5.74, 6) is -2.58. The number of hydrogen-bond acceptors (Lipinski definition) is 2. The summed E-state index contributed by atoms with van der Waals surface area (Å²) in [7, 11) is 1.90. The van der Waals surface area contributed by atoms with Crippen LogP contribution in [0.3, 0.4) is 0 Å². The summed E-state index contributed by atoms with van der Waals surface area (Å²) in [5.41, 5.74) is 3.79. The maximum Gasteiger partial charge on any atom is 0.252 e. The van der Waals surface area contributed by atoms with E-state index in [2.05, 4.69) is 5.32 Å². The zero-order valence-corrected chi connectivity index (χ0v) is 15.7. The Morgan fingerprint density at radius 2 is 1.93 bits per heavy atom. The lowest BCUT2D eigenvalue weighted by atomic mass is 9.98. The van der Waals surface area contributed by atoms with Crippen molar-refractivity contribution in [2.75, 3.05) is 23.8 Å². The number of carbonyl (C=O) groups is 1. The topological polar surface area (TPSA) is 32.3 Å². The van der Waals surface area contributed by atoms with E-state index < -0.39 is 17.5 Å². The molecule has 1 heterocycles. The second-order valence-electron chi connectivity index (χ2n) is 6.88. The van der Waals surface area contributed by atoms with E-state index in [1.54, 1.807) is 12.1 Å². The highest BCUT2D eigenvalue weighted by Gasteiger charge is 2.27. The predicted molar refractivity (Wildman–Crippen MR) is 104 cm³/mol. The van der Waals surface area contributed by atoms with Gasteiger partial charge in [-0.3, -0.25) is 4.79 Å². The number of fused-ring (bicyclic) bond motifs is 2. The molecule has 0 aromatic heterocycles. The number of hydrogen-bond donors (Lipinski definition) is 1. The average Bonchev–Trinajstić information content (AvgIpc) is 3.01. The van der Waals surface area contributed by atoms with Crippen molar-refractivity contribution in [2.45, 2.75) is 12.8 Å². The molecule has 0 spiro atoms. The molecule has 0 saturated heterocycles. The van der Waals surface area contributed by atoms with Crippen LogP contribution in [0.2, 0.25) is 5.02 Å². The van der Waals surface area contributed by atoms with Crippen LogP contribution in [0.5, 0.6) is 0 Å². The Labute approximate surface area is 165 Å². The van der Waals surface area contributed by atoms with Gasteiger partial charge in [0, 0.05) is 42.9 Å². The van der Waals surface area contributed by atoms with Crippen LogP contribution in [0.15, 0.2) is 47.6 Å². The first kappa shape index (κ1) is 18.6. The molecule has 1 aliphatic heterocycles. The Balaban J connectivity index is 1.61. The average molecular weight is 405 g/mol. The molecular weight excluding hydrogens is 389 g/mol.